The number of nitrogens with one attached hydrogen (secondary N) is 1. The summed E-state index contributed by atoms with van der Waals surface area (Å²) in [7, 11) is 2.24. The minimum atomic E-state index is -0.355. The van der Waals surface area contributed by atoms with Gasteiger partial charge in [0.2, 0.25) is 0 Å². The highest BCUT2D eigenvalue weighted by molar-refractivity contribution is 5.32. The molecule has 1 N–H and O–H groups in total. The van der Waals surface area contributed by atoms with Crippen molar-refractivity contribution in [2.45, 2.75) is 50.4 Å². The second-order valence-corrected chi connectivity index (χ2v) is 6.02. The summed E-state index contributed by atoms with van der Waals surface area (Å²) in [6.45, 7) is 0.797. The molecule has 3 rings (SSSR count). The molecular formula is C15H21N3O2. The summed E-state index contributed by atoms with van der Waals surface area (Å²) in [6.07, 6.45) is 5.10. The standard InChI is InChI=1S/C15H21N3O2/c1-17-14-6-7-15(17)9-12(8-14)16-10-11-2-4-13(5-3-11)18(19)20/h2-5,12,14-16H,6-10H2,1H3. The Labute approximate surface area is 119 Å². The van der Waals surface area contributed by atoms with Gasteiger partial charge < -0.3 is 10.2 Å². The van der Waals surface area contributed by atoms with Gasteiger partial charge in [0.1, 0.15) is 0 Å². The first-order chi connectivity index (χ1) is 9.63. The molecule has 5 nitrogen and oxygen atoms in total. The van der Waals surface area contributed by atoms with E-state index in [1.807, 2.05) is 12.1 Å². The predicted molar refractivity (Wildman–Crippen MR) is 77.5 cm³/mol. The highest BCUT2D eigenvalue weighted by Gasteiger charge is 2.37. The molecular weight excluding hydrogens is 254 g/mol. The molecule has 0 saturated carbocycles. The van der Waals surface area contributed by atoms with Crippen LogP contribution in [0.2, 0.25) is 0 Å². The molecule has 2 heterocycles. The lowest BCUT2D eigenvalue weighted by molar-refractivity contribution is -0.384. The monoisotopic (exact) mass is 275 g/mol. The molecule has 0 amide bonds. The number of nitro benzene ring substituents is 1. The Bertz CT molecular complexity index is 474. The molecule has 2 atom stereocenters. The van der Waals surface area contributed by atoms with Crippen LogP contribution in [-0.2, 0) is 6.54 Å². The van der Waals surface area contributed by atoms with Crippen LogP contribution in [-0.4, -0.2) is 35.0 Å². The maximum Gasteiger partial charge on any atom is 0.269 e. The van der Waals surface area contributed by atoms with E-state index < -0.39 is 0 Å². The average Bonchev–Trinajstić information content (AvgIpc) is 2.66. The summed E-state index contributed by atoms with van der Waals surface area (Å²) in [6, 6.07) is 8.90. The molecule has 2 aliphatic rings. The lowest BCUT2D eigenvalue weighted by atomic mass is 9.98. The zero-order valence-electron chi connectivity index (χ0n) is 11.8. The second-order valence-electron chi connectivity index (χ2n) is 6.02. The van der Waals surface area contributed by atoms with Crippen LogP contribution < -0.4 is 5.32 Å². The lowest BCUT2D eigenvalue weighted by Gasteiger charge is -2.36. The molecule has 0 aliphatic carbocycles. The predicted octanol–water partition coefficient (Wildman–Crippen LogP) is 2.31. The number of nitro groups is 1. The minimum absolute atomic E-state index is 0.158. The highest BCUT2D eigenvalue weighted by Crippen LogP contribution is 2.34. The lowest BCUT2D eigenvalue weighted by Crippen LogP contribution is -2.46. The van der Waals surface area contributed by atoms with Crippen molar-refractivity contribution in [3.63, 3.8) is 0 Å². The van der Waals surface area contributed by atoms with Crippen LogP contribution in [0.1, 0.15) is 31.2 Å². The van der Waals surface area contributed by atoms with Crippen molar-refractivity contribution in [1.82, 2.24) is 10.2 Å². The van der Waals surface area contributed by atoms with Crippen molar-refractivity contribution in [3.05, 3.63) is 39.9 Å². The van der Waals surface area contributed by atoms with Gasteiger partial charge in [-0.05, 0) is 38.3 Å². The average molecular weight is 275 g/mol. The maximum absolute atomic E-state index is 10.6. The van der Waals surface area contributed by atoms with E-state index in [1.165, 1.54) is 25.7 Å². The summed E-state index contributed by atoms with van der Waals surface area (Å²) in [5.74, 6) is 0. The number of fused-ring (bicyclic) bond motifs is 2. The number of hydrogen-bond acceptors (Lipinski definition) is 4. The van der Waals surface area contributed by atoms with Gasteiger partial charge in [-0.25, -0.2) is 0 Å². The molecule has 0 aromatic heterocycles. The molecule has 2 unspecified atom stereocenters. The van der Waals surface area contributed by atoms with Crippen molar-refractivity contribution in [3.8, 4) is 0 Å². The Morgan fingerprint density at radius 3 is 2.40 bits per heavy atom. The first-order valence-electron chi connectivity index (χ1n) is 7.32. The van der Waals surface area contributed by atoms with Gasteiger partial charge in [-0.2, -0.15) is 0 Å². The van der Waals surface area contributed by atoms with Crippen LogP contribution in [0.4, 0.5) is 5.69 Å². The van der Waals surface area contributed by atoms with Gasteiger partial charge in [-0.15, -0.1) is 0 Å². The van der Waals surface area contributed by atoms with E-state index in [2.05, 4.69) is 17.3 Å². The van der Waals surface area contributed by atoms with E-state index in [1.54, 1.807) is 12.1 Å². The fourth-order valence-electron chi connectivity index (χ4n) is 3.58. The zero-order chi connectivity index (χ0) is 14.1. The topological polar surface area (TPSA) is 58.4 Å². The molecule has 2 aliphatic heterocycles. The van der Waals surface area contributed by atoms with E-state index in [0.717, 1.165) is 24.2 Å². The molecule has 0 radical (unpaired) electrons. The van der Waals surface area contributed by atoms with Crippen LogP contribution in [0, 0.1) is 10.1 Å². The maximum atomic E-state index is 10.6. The number of nitrogens with zero attached hydrogens (tertiary/aromatic N) is 2. The Kier molecular flexibility index (Phi) is 3.72. The van der Waals surface area contributed by atoms with E-state index in [9.17, 15) is 10.1 Å². The fourth-order valence-corrected chi connectivity index (χ4v) is 3.58. The quantitative estimate of drug-likeness (QED) is 0.676. The van der Waals surface area contributed by atoms with Gasteiger partial charge in [0.05, 0.1) is 4.92 Å². The summed E-state index contributed by atoms with van der Waals surface area (Å²) >= 11 is 0. The van der Waals surface area contributed by atoms with E-state index in [4.69, 9.17) is 0 Å². The summed E-state index contributed by atoms with van der Waals surface area (Å²) in [4.78, 5) is 12.8. The SMILES string of the molecule is CN1C2CCC1CC(NCc1ccc([N+](=O)[O-])cc1)C2. The van der Waals surface area contributed by atoms with Crippen LogP contribution in [0.5, 0.6) is 0 Å². The molecule has 108 valence electrons. The smallest absolute Gasteiger partial charge is 0.269 e. The van der Waals surface area contributed by atoms with Crippen molar-refractivity contribution < 1.29 is 4.92 Å². The first kappa shape index (κ1) is 13.5. The van der Waals surface area contributed by atoms with Gasteiger partial charge in [0, 0.05) is 36.8 Å². The van der Waals surface area contributed by atoms with Crippen LogP contribution >= 0.6 is 0 Å². The normalized spacial score (nSPS) is 29.6. The molecule has 2 bridgehead atoms. The van der Waals surface area contributed by atoms with Crippen molar-refractivity contribution >= 4 is 5.69 Å². The molecule has 2 saturated heterocycles. The minimum Gasteiger partial charge on any atom is -0.310 e. The molecule has 0 spiro atoms. The Balaban J connectivity index is 1.54. The number of hydrogen-bond donors (Lipinski definition) is 1. The number of rotatable bonds is 4. The van der Waals surface area contributed by atoms with Crippen LogP contribution in [0.3, 0.4) is 0 Å². The number of benzene rings is 1. The number of piperidine rings is 1. The molecule has 1 aromatic rings. The van der Waals surface area contributed by atoms with Crippen LogP contribution in [0.25, 0.3) is 0 Å². The Hall–Kier alpha value is -1.46. The van der Waals surface area contributed by atoms with Crippen molar-refractivity contribution in [2.24, 2.45) is 0 Å². The van der Waals surface area contributed by atoms with E-state index in [-0.39, 0.29) is 10.6 Å². The fraction of sp³-hybridized carbons (Fsp3) is 0.600. The van der Waals surface area contributed by atoms with E-state index in [0.29, 0.717) is 6.04 Å². The third-order valence-electron chi connectivity index (χ3n) is 4.84. The van der Waals surface area contributed by atoms with Gasteiger partial charge in [-0.3, -0.25) is 10.1 Å². The summed E-state index contributed by atoms with van der Waals surface area (Å²) in [5, 5.41) is 14.2. The van der Waals surface area contributed by atoms with Crippen molar-refractivity contribution in [1.29, 1.82) is 0 Å². The molecule has 20 heavy (non-hydrogen) atoms. The Morgan fingerprint density at radius 2 is 1.85 bits per heavy atom. The Morgan fingerprint density at radius 1 is 1.25 bits per heavy atom. The summed E-state index contributed by atoms with van der Waals surface area (Å²) < 4.78 is 0. The third kappa shape index (κ3) is 2.69. The van der Waals surface area contributed by atoms with Gasteiger partial charge in [-0.1, -0.05) is 12.1 Å². The number of non-ortho nitro benzene ring substituents is 1. The molecule has 5 heteroatoms. The summed E-state index contributed by atoms with van der Waals surface area (Å²) in [5.41, 5.74) is 1.27. The molecule has 2 fully saturated rings. The van der Waals surface area contributed by atoms with Gasteiger partial charge >= 0.3 is 0 Å². The highest BCUT2D eigenvalue weighted by atomic mass is 16.6. The first-order valence-corrected chi connectivity index (χ1v) is 7.32. The van der Waals surface area contributed by atoms with E-state index >= 15 is 0 Å². The van der Waals surface area contributed by atoms with Gasteiger partial charge in [0.25, 0.3) is 5.69 Å². The third-order valence-corrected chi connectivity index (χ3v) is 4.84. The van der Waals surface area contributed by atoms with Crippen LogP contribution in [0.15, 0.2) is 24.3 Å². The van der Waals surface area contributed by atoms with Gasteiger partial charge in [0.15, 0.2) is 0 Å². The molecule has 1 aromatic carbocycles. The second kappa shape index (κ2) is 5.50. The van der Waals surface area contributed by atoms with Crippen molar-refractivity contribution in [2.75, 3.05) is 7.05 Å². The largest absolute Gasteiger partial charge is 0.310 e. The zero-order valence-corrected chi connectivity index (χ0v) is 11.8.